The zero-order valence-electron chi connectivity index (χ0n) is 12.0. The quantitative estimate of drug-likeness (QED) is 0.802. The first-order valence-corrected chi connectivity index (χ1v) is 6.69. The van der Waals surface area contributed by atoms with Gasteiger partial charge in [-0.15, -0.1) is 0 Å². The maximum Gasteiger partial charge on any atom is 0.261 e. The molecule has 0 saturated carbocycles. The van der Waals surface area contributed by atoms with Crippen LogP contribution in [0.3, 0.4) is 0 Å². The number of pyridine rings is 1. The molecule has 3 rings (SSSR count). The lowest BCUT2D eigenvalue weighted by Crippen LogP contribution is -2.14. The summed E-state index contributed by atoms with van der Waals surface area (Å²) >= 11 is 0. The molecule has 0 atom stereocenters. The minimum atomic E-state index is -0.865. The molecule has 0 aliphatic rings. The van der Waals surface area contributed by atoms with Gasteiger partial charge in [0.05, 0.1) is 5.69 Å². The summed E-state index contributed by atoms with van der Waals surface area (Å²) in [5.74, 6) is -1.91. The highest BCUT2D eigenvalue weighted by atomic mass is 19.1. The number of aromatic nitrogens is 2. The second-order valence-corrected chi connectivity index (χ2v) is 4.78. The van der Waals surface area contributed by atoms with Crippen molar-refractivity contribution in [2.45, 2.75) is 6.92 Å². The summed E-state index contributed by atoms with van der Waals surface area (Å²) in [6.45, 7) is 1.57. The van der Waals surface area contributed by atoms with Crippen LogP contribution in [0.5, 0.6) is 0 Å². The second kappa shape index (κ2) is 5.96. The Bertz CT molecular complexity index is 863. The molecule has 1 aromatic carbocycles. The highest BCUT2D eigenvalue weighted by Crippen LogP contribution is 2.26. The Kier molecular flexibility index (Phi) is 3.84. The largest absolute Gasteiger partial charge is 0.360 e. The van der Waals surface area contributed by atoms with Gasteiger partial charge in [-0.1, -0.05) is 5.16 Å². The van der Waals surface area contributed by atoms with Crippen LogP contribution in [0.15, 0.2) is 47.2 Å². The molecule has 5 nitrogen and oxygen atoms in total. The first-order valence-electron chi connectivity index (χ1n) is 6.69. The molecule has 0 spiro atoms. The van der Waals surface area contributed by atoms with E-state index in [1.165, 1.54) is 6.20 Å². The smallest absolute Gasteiger partial charge is 0.261 e. The minimum absolute atomic E-state index is 0.130. The van der Waals surface area contributed by atoms with Crippen molar-refractivity contribution in [1.29, 1.82) is 0 Å². The van der Waals surface area contributed by atoms with E-state index in [9.17, 15) is 13.6 Å². The molecule has 3 aromatic rings. The van der Waals surface area contributed by atoms with Crippen LogP contribution in [0.25, 0.3) is 11.3 Å². The fourth-order valence-corrected chi connectivity index (χ4v) is 2.12. The van der Waals surface area contributed by atoms with Crippen LogP contribution in [0.4, 0.5) is 14.5 Å². The van der Waals surface area contributed by atoms with Gasteiger partial charge in [0, 0.05) is 24.0 Å². The molecule has 0 bridgehead atoms. The fraction of sp³-hybridized carbons (Fsp3) is 0.0625. The molecule has 1 amide bonds. The molecule has 0 saturated heterocycles. The number of anilines is 1. The number of carbonyl (C=O) groups is 1. The third-order valence-electron chi connectivity index (χ3n) is 3.20. The molecule has 0 aliphatic heterocycles. The summed E-state index contributed by atoms with van der Waals surface area (Å²) in [6, 6.07) is 6.31. The van der Waals surface area contributed by atoms with Crippen molar-refractivity contribution in [2.75, 3.05) is 5.32 Å². The summed E-state index contributed by atoms with van der Waals surface area (Å²) in [4.78, 5) is 16.4. The Morgan fingerprint density at radius 3 is 2.78 bits per heavy atom. The first kappa shape index (κ1) is 14.8. The Morgan fingerprint density at radius 1 is 1.26 bits per heavy atom. The van der Waals surface area contributed by atoms with Crippen molar-refractivity contribution >= 4 is 11.6 Å². The van der Waals surface area contributed by atoms with E-state index in [2.05, 4.69) is 15.5 Å². The van der Waals surface area contributed by atoms with Crippen molar-refractivity contribution in [3.05, 3.63) is 65.7 Å². The number of hydrogen-bond acceptors (Lipinski definition) is 4. The van der Waals surface area contributed by atoms with Gasteiger partial charge >= 0.3 is 0 Å². The summed E-state index contributed by atoms with van der Waals surface area (Å²) in [7, 11) is 0. The van der Waals surface area contributed by atoms with Crippen LogP contribution in [0.1, 0.15) is 16.1 Å². The van der Waals surface area contributed by atoms with Crippen molar-refractivity contribution < 1.29 is 18.1 Å². The van der Waals surface area contributed by atoms with Crippen molar-refractivity contribution in [2.24, 2.45) is 0 Å². The standard InChI is InChI=1S/C16H11F2N3O2/c1-9-14(15(21-23-9)10-3-2-6-19-8-10)16(22)20-13-5-4-11(17)7-12(13)18/h2-8H,1H3,(H,20,22). The lowest BCUT2D eigenvalue weighted by atomic mass is 10.1. The van der Waals surface area contributed by atoms with Crippen molar-refractivity contribution in [3.63, 3.8) is 0 Å². The molecule has 7 heteroatoms. The molecule has 0 radical (unpaired) electrons. The normalized spacial score (nSPS) is 10.6. The number of nitrogens with zero attached hydrogens (tertiary/aromatic N) is 2. The highest BCUT2D eigenvalue weighted by Gasteiger charge is 2.22. The lowest BCUT2D eigenvalue weighted by Gasteiger charge is -2.07. The average Bonchev–Trinajstić information content (AvgIpc) is 2.93. The fourth-order valence-electron chi connectivity index (χ4n) is 2.12. The maximum atomic E-state index is 13.7. The van der Waals surface area contributed by atoms with Gasteiger partial charge in [0.15, 0.2) is 0 Å². The van der Waals surface area contributed by atoms with E-state index in [-0.39, 0.29) is 17.0 Å². The van der Waals surface area contributed by atoms with E-state index in [1.807, 2.05) is 0 Å². The number of amides is 1. The molecule has 0 fully saturated rings. The number of aryl methyl sites for hydroxylation is 1. The second-order valence-electron chi connectivity index (χ2n) is 4.78. The van der Waals surface area contributed by atoms with Gasteiger partial charge < -0.3 is 9.84 Å². The van der Waals surface area contributed by atoms with Gasteiger partial charge in [0.1, 0.15) is 28.7 Å². The van der Waals surface area contributed by atoms with Crippen molar-refractivity contribution in [1.82, 2.24) is 10.1 Å². The average molecular weight is 315 g/mol. The number of halogens is 2. The van der Waals surface area contributed by atoms with E-state index in [0.717, 1.165) is 12.1 Å². The zero-order valence-corrected chi connectivity index (χ0v) is 12.0. The number of nitrogens with one attached hydrogen (secondary N) is 1. The SMILES string of the molecule is Cc1onc(-c2cccnc2)c1C(=O)Nc1ccc(F)cc1F. The summed E-state index contributed by atoms with van der Waals surface area (Å²) in [5, 5.41) is 6.25. The van der Waals surface area contributed by atoms with Gasteiger partial charge in [0.2, 0.25) is 0 Å². The van der Waals surface area contributed by atoms with Gasteiger partial charge in [-0.3, -0.25) is 9.78 Å². The van der Waals surface area contributed by atoms with Crippen LogP contribution in [-0.2, 0) is 0 Å². The molecule has 1 N–H and O–H groups in total. The summed E-state index contributed by atoms with van der Waals surface area (Å²) in [5.41, 5.74) is 0.931. The molecular weight excluding hydrogens is 304 g/mol. The van der Waals surface area contributed by atoms with Crippen LogP contribution in [0, 0.1) is 18.6 Å². The molecule has 0 aliphatic carbocycles. The minimum Gasteiger partial charge on any atom is -0.360 e. The highest BCUT2D eigenvalue weighted by molar-refractivity contribution is 6.08. The van der Waals surface area contributed by atoms with Gasteiger partial charge in [-0.05, 0) is 31.2 Å². The lowest BCUT2D eigenvalue weighted by molar-refractivity contribution is 0.102. The van der Waals surface area contributed by atoms with Crippen molar-refractivity contribution in [3.8, 4) is 11.3 Å². The molecule has 0 unspecified atom stereocenters. The number of rotatable bonds is 3. The topological polar surface area (TPSA) is 68.0 Å². The van der Waals surface area contributed by atoms with Crippen LogP contribution in [-0.4, -0.2) is 16.0 Å². The van der Waals surface area contributed by atoms with Gasteiger partial charge in [0.25, 0.3) is 5.91 Å². The van der Waals surface area contributed by atoms with Crippen LogP contribution in [0.2, 0.25) is 0 Å². The zero-order chi connectivity index (χ0) is 16.4. The van der Waals surface area contributed by atoms with E-state index < -0.39 is 17.5 Å². The predicted octanol–water partition coefficient (Wildman–Crippen LogP) is 3.58. The number of hydrogen-bond donors (Lipinski definition) is 1. The Labute approximate surface area is 130 Å². The third-order valence-corrected chi connectivity index (χ3v) is 3.20. The first-order chi connectivity index (χ1) is 11.1. The summed E-state index contributed by atoms with van der Waals surface area (Å²) < 4.78 is 31.7. The molecule has 2 aromatic heterocycles. The van der Waals surface area contributed by atoms with Gasteiger partial charge in [-0.25, -0.2) is 8.78 Å². The molecule has 2 heterocycles. The number of carbonyl (C=O) groups excluding carboxylic acids is 1. The Morgan fingerprint density at radius 2 is 2.09 bits per heavy atom. The van der Waals surface area contributed by atoms with Gasteiger partial charge in [-0.2, -0.15) is 0 Å². The Hall–Kier alpha value is -3.09. The van der Waals surface area contributed by atoms with E-state index >= 15 is 0 Å². The maximum absolute atomic E-state index is 13.7. The van der Waals surface area contributed by atoms with E-state index in [4.69, 9.17) is 4.52 Å². The third kappa shape index (κ3) is 2.94. The number of benzene rings is 1. The molecular formula is C16H11F2N3O2. The van der Waals surface area contributed by atoms with Crippen LogP contribution < -0.4 is 5.32 Å². The van der Waals surface area contributed by atoms with E-state index in [0.29, 0.717) is 17.3 Å². The van der Waals surface area contributed by atoms with Crippen LogP contribution >= 0.6 is 0 Å². The Balaban J connectivity index is 1.96. The summed E-state index contributed by atoms with van der Waals surface area (Å²) in [6.07, 6.45) is 3.12. The van der Waals surface area contributed by atoms with E-state index in [1.54, 1.807) is 25.3 Å². The monoisotopic (exact) mass is 315 g/mol. The predicted molar refractivity (Wildman–Crippen MR) is 78.8 cm³/mol. The molecule has 23 heavy (non-hydrogen) atoms. The molecule has 116 valence electrons.